The third kappa shape index (κ3) is 4.91. The van der Waals surface area contributed by atoms with Crippen LogP contribution >= 0.6 is 0 Å². The summed E-state index contributed by atoms with van der Waals surface area (Å²) in [6.45, 7) is 5.93. The second kappa shape index (κ2) is 10.0. The van der Waals surface area contributed by atoms with Crippen LogP contribution in [0.1, 0.15) is 35.0 Å². The number of hydrogen-bond donors (Lipinski definition) is 1. The second-order valence-corrected chi connectivity index (χ2v) is 9.14. The van der Waals surface area contributed by atoms with Gasteiger partial charge in [-0.3, -0.25) is 14.5 Å². The molecule has 2 amide bonds. The van der Waals surface area contributed by atoms with Gasteiger partial charge < -0.3 is 15.0 Å². The van der Waals surface area contributed by atoms with Crippen LogP contribution < -0.4 is 15.1 Å². The molecule has 2 aromatic heterocycles. The molecule has 0 saturated carbocycles. The maximum Gasteiger partial charge on any atom is 0.435 e. The lowest BCUT2D eigenvalue weighted by molar-refractivity contribution is -0.141. The monoisotopic (exact) mass is 526 g/mol. The van der Waals surface area contributed by atoms with Crippen LogP contribution in [0.15, 0.2) is 42.7 Å². The number of amides is 2. The molecule has 4 heterocycles. The minimum absolute atomic E-state index is 0.00725. The number of ether oxygens (including phenoxy) is 1. The predicted molar refractivity (Wildman–Crippen MR) is 134 cm³/mol. The molecule has 1 atom stereocenters. The van der Waals surface area contributed by atoms with Crippen molar-refractivity contribution in [2.45, 2.75) is 32.5 Å². The number of carbonyl (C=O) groups excluding carboxylic acids is 2. The van der Waals surface area contributed by atoms with Crippen molar-refractivity contribution in [3.05, 3.63) is 59.5 Å². The van der Waals surface area contributed by atoms with Gasteiger partial charge in [0.1, 0.15) is 0 Å². The molecule has 0 radical (unpaired) electrons. The van der Waals surface area contributed by atoms with E-state index in [1.54, 1.807) is 23.2 Å². The second-order valence-electron chi connectivity index (χ2n) is 9.14. The van der Waals surface area contributed by atoms with Crippen molar-refractivity contribution in [3.63, 3.8) is 0 Å². The highest BCUT2D eigenvalue weighted by Crippen LogP contribution is 2.38. The van der Waals surface area contributed by atoms with Gasteiger partial charge >= 0.3 is 6.18 Å². The van der Waals surface area contributed by atoms with Crippen molar-refractivity contribution in [3.8, 4) is 11.1 Å². The van der Waals surface area contributed by atoms with Gasteiger partial charge in [-0.1, -0.05) is 6.07 Å². The van der Waals surface area contributed by atoms with Gasteiger partial charge in [0.2, 0.25) is 5.91 Å². The van der Waals surface area contributed by atoms with Crippen LogP contribution in [-0.4, -0.2) is 59.3 Å². The van der Waals surface area contributed by atoms with Gasteiger partial charge in [-0.25, -0.2) is 4.98 Å². The van der Waals surface area contributed by atoms with Crippen LogP contribution in [0.5, 0.6) is 0 Å². The number of pyridine rings is 1. The van der Waals surface area contributed by atoms with Gasteiger partial charge in [0.05, 0.1) is 36.7 Å². The number of fused-ring (bicyclic) bond motifs is 3. The van der Waals surface area contributed by atoms with E-state index < -0.39 is 17.8 Å². The fraction of sp³-hybridized carbons (Fsp3) is 0.346. The van der Waals surface area contributed by atoms with E-state index in [2.05, 4.69) is 25.4 Å². The van der Waals surface area contributed by atoms with E-state index in [9.17, 15) is 22.8 Å². The Hall–Kier alpha value is -4.06. The van der Waals surface area contributed by atoms with Gasteiger partial charge in [-0.15, -0.1) is 5.10 Å². The summed E-state index contributed by atoms with van der Waals surface area (Å²) in [7, 11) is 0. The highest BCUT2D eigenvalue weighted by atomic mass is 19.4. The van der Waals surface area contributed by atoms with E-state index in [1.807, 2.05) is 26.0 Å². The molecule has 1 saturated heterocycles. The summed E-state index contributed by atoms with van der Waals surface area (Å²) in [5, 5.41) is 9.01. The smallest absolute Gasteiger partial charge is 0.377 e. The molecule has 1 N–H and O–H groups in total. The maximum absolute atomic E-state index is 13.0. The Morgan fingerprint density at radius 2 is 2.03 bits per heavy atom. The number of aromatic nitrogens is 3. The van der Waals surface area contributed by atoms with Crippen LogP contribution in [0.3, 0.4) is 0 Å². The molecule has 3 aromatic rings. The number of morpholine rings is 1. The molecule has 2 aliphatic heterocycles. The number of anilines is 3. The summed E-state index contributed by atoms with van der Waals surface area (Å²) < 4.78 is 44.6. The van der Waals surface area contributed by atoms with E-state index in [1.165, 1.54) is 0 Å². The molecule has 9 nitrogen and oxygen atoms in total. The minimum Gasteiger partial charge on any atom is -0.377 e. The Labute approximate surface area is 216 Å². The van der Waals surface area contributed by atoms with E-state index in [4.69, 9.17) is 4.74 Å². The topological polar surface area (TPSA) is 101 Å². The zero-order chi connectivity index (χ0) is 27.0. The Morgan fingerprint density at radius 1 is 1.21 bits per heavy atom. The van der Waals surface area contributed by atoms with E-state index >= 15 is 0 Å². The molecule has 1 aromatic carbocycles. The number of aryl methyl sites for hydroxylation is 1. The fourth-order valence-corrected chi connectivity index (χ4v) is 4.75. The highest BCUT2D eigenvalue weighted by Gasteiger charge is 2.35. The fourth-order valence-electron chi connectivity index (χ4n) is 4.75. The number of benzene rings is 1. The van der Waals surface area contributed by atoms with Crippen molar-refractivity contribution >= 4 is 29.0 Å². The van der Waals surface area contributed by atoms with Gasteiger partial charge in [-0.2, -0.15) is 18.3 Å². The van der Waals surface area contributed by atoms with Crippen molar-refractivity contribution < 1.29 is 27.5 Å². The Kier molecular flexibility index (Phi) is 6.74. The first kappa shape index (κ1) is 25.6. The van der Waals surface area contributed by atoms with Crippen molar-refractivity contribution in [2.24, 2.45) is 0 Å². The number of carbonyl (C=O) groups is 2. The van der Waals surface area contributed by atoms with Crippen LogP contribution in [-0.2, 0) is 15.7 Å². The number of alkyl halides is 3. The Morgan fingerprint density at radius 3 is 2.79 bits per heavy atom. The molecule has 0 unspecified atom stereocenters. The van der Waals surface area contributed by atoms with Crippen LogP contribution in [0.25, 0.3) is 11.1 Å². The maximum atomic E-state index is 13.0. The molecule has 38 heavy (non-hydrogen) atoms. The van der Waals surface area contributed by atoms with Crippen molar-refractivity contribution in [1.29, 1.82) is 0 Å². The normalized spacial score (nSPS) is 17.5. The third-order valence-corrected chi connectivity index (χ3v) is 6.68. The summed E-state index contributed by atoms with van der Waals surface area (Å²) in [5.74, 6) is -0.154. The molecular weight excluding hydrogens is 501 g/mol. The molecular formula is C26H25F3N6O3. The average molecular weight is 527 g/mol. The van der Waals surface area contributed by atoms with Crippen molar-refractivity contribution in [2.75, 3.05) is 41.4 Å². The lowest BCUT2D eigenvalue weighted by Gasteiger charge is -2.36. The zero-order valence-corrected chi connectivity index (χ0v) is 20.7. The molecule has 0 spiro atoms. The van der Waals surface area contributed by atoms with Crippen LogP contribution in [0, 0.1) is 6.92 Å². The number of nitrogens with one attached hydrogen (secondary N) is 1. The molecule has 2 aliphatic rings. The van der Waals surface area contributed by atoms with Crippen LogP contribution in [0.2, 0.25) is 0 Å². The summed E-state index contributed by atoms with van der Waals surface area (Å²) in [4.78, 5) is 34.1. The molecule has 0 aliphatic carbocycles. The molecule has 1 fully saturated rings. The average Bonchev–Trinajstić information content (AvgIpc) is 3.02. The lowest BCUT2D eigenvalue weighted by atomic mass is 10.00. The first-order valence-corrected chi connectivity index (χ1v) is 12.1. The lowest BCUT2D eigenvalue weighted by Crippen LogP contribution is -2.46. The molecule has 5 rings (SSSR count). The summed E-state index contributed by atoms with van der Waals surface area (Å²) in [6, 6.07) is 7.77. The SMILES string of the molecule is CCN1C(=O)C[C@@H]2COCCN2c2cc(-c3cc(NC(=O)c4cnnc(C(F)(F)F)c4)ccc3C)cnc21. The van der Waals surface area contributed by atoms with Crippen LogP contribution in [0.4, 0.5) is 30.4 Å². The highest BCUT2D eigenvalue weighted by molar-refractivity contribution is 6.04. The number of rotatable bonds is 4. The standard InChI is InChI=1S/C26H25F3N6O3/c1-3-34-23(36)11-19-14-38-7-6-35(19)21-8-16(12-30-24(21)34)20-10-18(5-4-15(20)2)32-25(37)17-9-22(26(27,28)29)33-31-13-17/h4-5,8-10,12-13,19H,3,6-7,11,14H2,1-2H3,(H,32,37)/t19-/m1/s1. The number of halogens is 3. The zero-order valence-electron chi connectivity index (χ0n) is 20.7. The third-order valence-electron chi connectivity index (χ3n) is 6.68. The quantitative estimate of drug-likeness (QED) is 0.547. The predicted octanol–water partition coefficient (Wildman–Crippen LogP) is 4.08. The minimum atomic E-state index is -4.71. The Bertz CT molecular complexity index is 1400. The number of hydrogen-bond acceptors (Lipinski definition) is 7. The summed E-state index contributed by atoms with van der Waals surface area (Å²) in [6.07, 6.45) is -1.71. The summed E-state index contributed by atoms with van der Waals surface area (Å²) >= 11 is 0. The van der Waals surface area contributed by atoms with Gasteiger partial charge in [0.15, 0.2) is 11.5 Å². The van der Waals surface area contributed by atoms with Gasteiger partial charge in [0, 0.05) is 37.0 Å². The number of nitrogens with zero attached hydrogens (tertiary/aromatic N) is 5. The van der Waals surface area contributed by atoms with Crippen molar-refractivity contribution in [1.82, 2.24) is 15.2 Å². The largest absolute Gasteiger partial charge is 0.435 e. The molecule has 12 heteroatoms. The van der Waals surface area contributed by atoms with Gasteiger partial charge in [0.25, 0.3) is 5.91 Å². The van der Waals surface area contributed by atoms with E-state index in [0.717, 1.165) is 28.6 Å². The molecule has 198 valence electrons. The van der Waals surface area contributed by atoms with Gasteiger partial charge in [-0.05, 0) is 49.2 Å². The first-order valence-electron chi connectivity index (χ1n) is 12.1. The molecule has 0 bridgehead atoms. The Balaban J connectivity index is 1.48. The van der Waals surface area contributed by atoms with E-state index in [0.29, 0.717) is 50.3 Å². The van der Waals surface area contributed by atoms with E-state index in [-0.39, 0.29) is 17.5 Å². The summed E-state index contributed by atoms with van der Waals surface area (Å²) in [5.41, 5.74) is 2.19. The first-order chi connectivity index (χ1) is 18.2.